The maximum Gasteiger partial charge on any atom is 0.296 e. The second-order valence-electron chi connectivity index (χ2n) is 8.53. The number of amides is 1. The summed E-state index contributed by atoms with van der Waals surface area (Å²) in [5.41, 5.74) is 3.64. The molecule has 5 rings (SSSR count). The first-order chi connectivity index (χ1) is 16.4. The first-order valence-corrected chi connectivity index (χ1v) is 11.7. The van der Waals surface area contributed by atoms with E-state index in [1.807, 2.05) is 13.0 Å². The molecule has 0 N–H and O–H groups in total. The number of carbonyl (C=O) groups is 1. The number of benzene rings is 2. The van der Waals surface area contributed by atoms with E-state index in [9.17, 15) is 13.6 Å². The molecule has 1 saturated carbocycles. The van der Waals surface area contributed by atoms with Crippen LogP contribution in [0, 0.1) is 17.6 Å². The molecule has 2 aromatic carbocycles. The minimum Gasteiger partial charge on any atom is -0.271 e. The van der Waals surface area contributed by atoms with Crippen molar-refractivity contribution in [1.29, 1.82) is 0 Å². The third-order valence-corrected chi connectivity index (χ3v) is 6.65. The fourth-order valence-corrected chi connectivity index (χ4v) is 4.97. The van der Waals surface area contributed by atoms with Gasteiger partial charge < -0.3 is 0 Å². The van der Waals surface area contributed by atoms with E-state index >= 15 is 0 Å². The van der Waals surface area contributed by atoms with E-state index in [-0.39, 0.29) is 28.3 Å². The predicted octanol–water partition coefficient (Wildman–Crippen LogP) is 6.27. The van der Waals surface area contributed by atoms with E-state index in [0.717, 1.165) is 41.7 Å². The number of allylic oxidation sites excluding steroid dienone is 1. The lowest BCUT2D eigenvalue weighted by Gasteiger charge is -2.29. The minimum atomic E-state index is -0.400. The van der Waals surface area contributed by atoms with Gasteiger partial charge in [0.1, 0.15) is 11.6 Å². The molecule has 1 amide bonds. The van der Waals surface area contributed by atoms with Gasteiger partial charge in [-0.3, -0.25) is 9.48 Å². The fourth-order valence-electron chi connectivity index (χ4n) is 4.73. The van der Waals surface area contributed by atoms with Gasteiger partial charge in [0.15, 0.2) is 5.69 Å². The summed E-state index contributed by atoms with van der Waals surface area (Å²) in [6, 6.07) is 12.1. The summed E-state index contributed by atoms with van der Waals surface area (Å²) in [5.74, 6) is -1.08. The van der Waals surface area contributed by atoms with E-state index in [2.05, 4.69) is 5.10 Å². The fraction of sp³-hybridized carbons (Fsp3) is 0.269. The quantitative estimate of drug-likeness (QED) is 0.441. The number of hydrazone groups is 1. The van der Waals surface area contributed by atoms with Crippen LogP contribution in [0.4, 0.5) is 8.78 Å². The maximum atomic E-state index is 13.7. The number of fused-ring (bicyclic) bond motifs is 1. The first kappa shape index (κ1) is 22.5. The van der Waals surface area contributed by atoms with Crippen LogP contribution in [-0.4, -0.2) is 26.4 Å². The topological polar surface area (TPSA) is 50.5 Å². The zero-order valence-electron chi connectivity index (χ0n) is 18.6. The highest BCUT2D eigenvalue weighted by atomic mass is 35.5. The molecule has 0 radical (unpaired) electrons. The van der Waals surface area contributed by atoms with Gasteiger partial charge in [0.25, 0.3) is 5.91 Å². The van der Waals surface area contributed by atoms with E-state index in [1.165, 1.54) is 29.3 Å². The Kier molecular flexibility index (Phi) is 6.04. The maximum absolute atomic E-state index is 13.7. The van der Waals surface area contributed by atoms with Crippen molar-refractivity contribution in [2.75, 3.05) is 0 Å². The summed E-state index contributed by atoms with van der Waals surface area (Å²) in [5, 5.41) is 10.9. The van der Waals surface area contributed by atoms with E-state index in [4.69, 9.17) is 16.7 Å². The van der Waals surface area contributed by atoms with Crippen molar-refractivity contribution in [3.05, 3.63) is 93.8 Å². The molecule has 0 unspecified atom stereocenters. The highest BCUT2D eigenvalue weighted by molar-refractivity contribution is 6.33. The van der Waals surface area contributed by atoms with Crippen LogP contribution in [0.1, 0.15) is 53.8 Å². The third-order valence-electron chi connectivity index (χ3n) is 6.38. The number of aromatic nitrogens is 2. The summed E-state index contributed by atoms with van der Waals surface area (Å²) in [6.45, 7) is 2.49. The van der Waals surface area contributed by atoms with Crippen molar-refractivity contribution < 1.29 is 13.6 Å². The summed E-state index contributed by atoms with van der Waals surface area (Å²) < 4.78 is 28.7. The van der Waals surface area contributed by atoms with E-state index < -0.39 is 11.9 Å². The Labute approximate surface area is 201 Å². The molecule has 1 aliphatic carbocycles. The molecule has 2 atom stereocenters. The molecule has 1 aliphatic heterocycles. The van der Waals surface area contributed by atoms with Crippen LogP contribution in [0.15, 0.2) is 65.4 Å². The molecule has 0 saturated heterocycles. The average Bonchev–Trinajstić information content (AvgIpc) is 3.42. The number of hydrogen-bond acceptors (Lipinski definition) is 3. The Hall–Kier alpha value is -3.32. The SMILES string of the molecule is CCn1cc(Cl)c(C(=O)N2N=C3/C(=C/c4ccc(F)cc4)CCC[C@@H]3[C@@H]2c2ccc(F)cc2)n1. The van der Waals surface area contributed by atoms with Gasteiger partial charge in [0, 0.05) is 18.7 Å². The van der Waals surface area contributed by atoms with Gasteiger partial charge >= 0.3 is 0 Å². The number of hydrogen-bond donors (Lipinski definition) is 0. The Balaban J connectivity index is 1.58. The Morgan fingerprint density at radius 1 is 1.12 bits per heavy atom. The second-order valence-corrected chi connectivity index (χ2v) is 8.94. The van der Waals surface area contributed by atoms with Crippen molar-refractivity contribution in [3.63, 3.8) is 0 Å². The van der Waals surface area contributed by atoms with Crippen LogP contribution in [-0.2, 0) is 6.54 Å². The molecule has 34 heavy (non-hydrogen) atoms. The molecule has 174 valence electrons. The lowest BCUT2D eigenvalue weighted by molar-refractivity contribution is 0.0674. The van der Waals surface area contributed by atoms with Crippen molar-refractivity contribution in [2.24, 2.45) is 11.0 Å². The van der Waals surface area contributed by atoms with Gasteiger partial charge in [-0.05, 0) is 73.2 Å². The van der Waals surface area contributed by atoms with Crippen LogP contribution >= 0.6 is 11.6 Å². The number of halogens is 3. The van der Waals surface area contributed by atoms with Gasteiger partial charge in [-0.2, -0.15) is 10.2 Å². The monoisotopic (exact) mass is 480 g/mol. The zero-order valence-corrected chi connectivity index (χ0v) is 19.3. The van der Waals surface area contributed by atoms with Crippen LogP contribution in [0.5, 0.6) is 0 Å². The minimum absolute atomic E-state index is 0.0538. The van der Waals surface area contributed by atoms with E-state index in [0.29, 0.717) is 6.54 Å². The van der Waals surface area contributed by atoms with Crippen molar-refractivity contribution in [1.82, 2.24) is 14.8 Å². The van der Waals surface area contributed by atoms with Crippen molar-refractivity contribution >= 4 is 29.3 Å². The summed E-state index contributed by atoms with van der Waals surface area (Å²) in [6.07, 6.45) is 6.18. The second kappa shape index (κ2) is 9.14. The first-order valence-electron chi connectivity index (χ1n) is 11.3. The predicted molar refractivity (Wildman–Crippen MR) is 127 cm³/mol. The van der Waals surface area contributed by atoms with Gasteiger partial charge in [-0.25, -0.2) is 13.8 Å². The van der Waals surface area contributed by atoms with Crippen LogP contribution in [0.2, 0.25) is 5.02 Å². The molecule has 2 heterocycles. The summed E-state index contributed by atoms with van der Waals surface area (Å²) in [4.78, 5) is 13.6. The number of rotatable bonds is 4. The van der Waals surface area contributed by atoms with Gasteiger partial charge in [0.2, 0.25) is 0 Å². The molecule has 0 bridgehead atoms. The van der Waals surface area contributed by atoms with Crippen molar-refractivity contribution in [3.8, 4) is 0 Å². The van der Waals surface area contributed by atoms with Crippen molar-refractivity contribution in [2.45, 2.75) is 38.8 Å². The Morgan fingerprint density at radius 3 is 2.44 bits per heavy atom. The molecular formula is C26H23ClF2N4O. The Bertz CT molecular complexity index is 1280. The van der Waals surface area contributed by atoms with Crippen LogP contribution in [0.3, 0.4) is 0 Å². The molecule has 1 fully saturated rings. The average molecular weight is 481 g/mol. The normalized spacial score (nSPS) is 21.0. The van der Waals surface area contributed by atoms with Crippen LogP contribution in [0.25, 0.3) is 6.08 Å². The largest absolute Gasteiger partial charge is 0.296 e. The Morgan fingerprint density at radius 2 is 1.79 bits per heavy atom. The molecule has 0 spiro atoms. The number of nitrogens with zero attached hydrogens (tertiary/aromatic N) is 4. The molecule has 5 nitrogen and oxygen atoms in total. The lowest BCUT2D eigenvalue weighted by atomic mass is 9.77. The highest BCUT2D eigenvalue weighted by Crippen LogP contribution is 2.45. The van der Waals surface area contributed by atoms with E-state index in [1.54, 1.807) is 35.1 Å². The molecule has 2 aliphatic rings. The molecular weight excluding hydrogens is 458 g/mol. The zero-order chi connectivity index (χ0) is 23.8. The summed E-state index contributed by atoms with van der Waals surface area (Å²) in [7, 11) is 0. The van der Waals surface area contributed by atoms with Gasteiger partial charge in [-0.1, -0.05) is 35.9 Å². The highest BCUT2D eigenvalue weighted by Gasteiger charge is 2.44. The van der Waals surface area contributed by atoms with Crippen LogP contribution < -0.4 is 0 Å². The smallest absolute Gasteiger partial charge is 0.271 e. The lowest BCUT2D eigenvalue weighted by Crippen LogP contribution is -2.32. The molecule has 3 aromatic rings. The summed E-state index contributed by atoms with van der Waals surface area (Å²) >= 11 is 6.34. The number of aryl methyl sites for hydroxylation is 1. The standard InChI is InChI=1S/C26H23ClF2N4O/c1-2-32-15-22(27)24(30-32)26(34)33-25(17-8-12-20(29)13-9-17)21-5-3-4-18(23(21)31-33)14-16-6-10-19(28)11-7-16/h6-15,21,25H,2-5H2,1H3/b18-14+/t21-,25-/m0/s1. The van der Waals surface area contributed by atoms with Gasteiger partial charge in [-0.15, -0.1) is 0 Å². The third kappa shape index (κ3) is 4.16. The van der Waals surface area contributed by atoms with Gasteiger partial charge in [0.05, 0.1) is 16.8 Å². The molecule has 1 aromatic heterocycles. The number of carbonyl (C=O) groups excluding carboxylic acids is 1. The molecule has 8 heteroatoms.